The molecule has 4 aromatic heterocycles. The average Bonchev–Trinajstić information content (AvgIpc) is 3.23. The van der Waals surface area contributed by atoms with Crippen molar-refractivity contribution in [2.45, 2.75) is 33.1 Å². The van der Waals surface area contributed by atoms with E-state index >= 15 is 0 Å². The van der Waals surface area contributed by atoms with Crippen LogP contribution in [0.25, 0.3) is 56.2 Å². The summed E-state index contributed by atoms with van der Waals surface area (Å²) in [4.78, 5) is 19.0. The molecule has 41 heavy (non-hydrogen) atoms. The van der Waals surface area contributed by atoms with Gasteiger partial charge < -0.3 is 0 Å². The lowest BCUT2D eigenvalue weighted by molar-refractivity contribution is 0.661. The Labute approximate surface area is 240 Å². The molecule has 0 bridgehead atoms. The molecule has 4 heteroatoms. The molecule has 2 aromatic carbocycles. The zero-order chi connectivity index (χ0) is 28.1. The fraction of sp³-hybridized carbons (Fsp3) is 0.135. The highest BCUT2D eigenvalue weighted by molar-refractivity contribution is 5.85. The first-order valence-corrected chi connectivity index (χ1v) is 14.0. The molecule has 0 amide bonds. The topological polar surface area (TPSA) is 51.6 Å². The predicted octanol–water partition coefficient (Wildman–Crippen LogP) is 8.86. The fourth-order valence-electron chi connectivity index (χ4n) is 6.06. The molecule has 0 spiro atoms. The summed E-state index contributed by atoms with van der Waals surface area (Å²) in [6, 6.07) is 34.1. The van der Waals surface area contributed by atoms with Gasteiger partial charge >= 0.3 is 0 Å². The maximum atomic E-state index is 5.04. The number of aryl methyl sites for hydroxylation is 2. The quantitative estimate of drug-likeness (QED) is 0.228. The van der Waals surface area contributed by atoms with Gasteiger partial charge in [0, 0.05) is 51.5 Å². The predicted molar refractivity (Wildman–Crippen MR) is 166 cm³/mol. The number of nitrogens with zero attached hydrogens (tertiary/aromatic N) is 4. The van der Waals surface area contributed by atoms with E-state index in [2.05, 4.69) is 109 Å². The molecule has 0 fully saturated rings. The van der Waals surface area contributed by atoms with Crippen molar-refractivity contribution in [2.75, 3.05) is 0 Å². The lowest BCUT2D eigenvalue weighted by Crippen LogP contribution is -2.15. The van der Waals surface area contributed by atoms with Gasteiger partial charge in [-0.3, -0.25) is 9.97 Å². The Morgan fingerprint density at radius 2 is 0.902 bits per heavy atom. The monoisotopic (exact) mass is 530 g/mol. The Balaban J connectivity index is 1.26. The van der Waals surface area contributed by atoms with Crippen LogP contribution in [0.2, 0.25) is 0 Å². The van der Waals surface area contributed by atoms with Gasteiger partial charge in [0.15, 0.2) is 0 Å². The number of pyridine rings is 4. The second kappa shape index (κ2) is 9.60. The van der Waals surface area contributed by atoms with E-state index < -0.39 is 0 Å². The van der Waals surface area contributed by atoms with Crippen LogP contribution in [-0.4, -0.2) is 19.9 Å². The van der Waals surface area contributed by atoms with Gasteiger partial charge in [0.05, 0.1) is 22.8 Å². The van der Waals surface area contributed by atoms with Gasteiger partial charge in [-0.1, -0.05) is 50.2 Å². The first-order valence-electron chi connectivity index (χ1n) is 14.0. The maximum Gasteiger partial charge on any atom is 0.0727 e. The van der Waals surface area contributed by atoms with E-state index in [4.69, 9.17) is 9.97 Å². The average molecular weight is 531 g/mol. The van der Waals surface area contributed by atoms with E-state index in [1.807, 2.05) is 38.4 Å². The number of hydrogen-bond acceptors (Lipinski definition) is 4. The standard InChI is InChI=1S/C37H30N4/c1-23-27(9-7-19-38-23)35-13-5-11-33(40-35)25-15-17-29-30-18-16-26(22-32(30)37(3,4)31(29)21-25)34-12-6-14-36(41-34)28-10-8-20-39-24(28)2/h5-22H,1-4H3. The Morgan fingerprint density at radius 3 is 1.34 bits per heavy atom. The molecule has 0 radical (unpaired) electrons. The van der Waals surface area contributed by atoms with Crippen molar-refractivity contribution in [3.05, 3.63) is 132 Å². The van der Waals surface area contributed by atoms with Gasteiger partial charge in [0.25, 0.3) is 0 Å². The molecule has 7 rings (SSSR count). The smallest absolute Gasteiger partial charge is 0.0727 e. The third-order valence-electron chi connectivity index (χ3n) is 8.33. The minimum atomic E-state index is -0.161. The van der Waals surface area contributed by atoms with Crippen LogP contribution < -0.4 is 0 Å². The van der Waals surface area contributed by atoms with Crippen molar-refractivity contribution in [3.63, 3.8) is 0 Å². The summed E-state index contributed by atoms with van der Waals surface area (Å²) in [5.41, 5.74) is 15.2. The number of rotatable bonds is 4. The molecular weight excluding hydrogens is 500 g/mol. The number of fused-ring (bicyclic) bond motifs is 3. The van der Waals surface area contributed by atoms with Crippen LogP contribution in [0, 0.1) is 13.8 Å². The zero-order valence-electron chi connectivity index (χ0n) is 23.7. The van der Waals surface area contributed by atoms with Crippen LogP contribution in [0.5, 0.6) is 0 Å². The highest BCUT2D eigenvalue weighted by atomic mass is 14.7. The van der Waals surface area contributed by atoms with E-state index in [1.165, 1.54) is 22.3 Å². The largest absolute Gasteiger partial charge is 0.261 e. The minimum absolute atomic E-state index is 0.161. The Kier molecular flexibility index (Phi) is 5.86. The second-order valence-corrected chi connectivity index (χ2v) is 11.2. The first-order chi connectivity index (χ1) is 19.9. The molecule has 1 aliphatic carbocycles. The second-order valence-electron chi connectivity index (χ2n) is 11.2. The van der Waals surface area contributed by atoms with Crippen LogP contribution in [0.1, 0.15) is 36.4 Å². The van der Waals surface area contributed by atoms with Crippen LogP contribution in [-0.2, 0) is 5.41 Å². The molecule has 0 unspecified atom stereocenters. The van der Waals surface area contributed by atoms with Crippen molar-refractivity contribution in [2.24, 2.45) is 0 Å². The Hall–Kier alpha value is -4.96. The molecule has 1 aliphatic rings. The molecule has 6 aromatic rings. The molecule has 198 valence electrons. The third-order valence-corrected chi connectivity index (χ3v) is 8.33. The third kappa shape index (κ3) is 4.23. The van der Waals surface area contributed by atoms with Gasteiger partial charge in [-0.05, 0) is 96.8 Å². The van der Waals surface area contributed by atoms with Crippen molar-refractivity contribution < 1.29 is 0 Å². The van der Waals surface area contributed by atoms with E-state index in [9.17, 15) is 0 Å². The lowest BCUT2D eigenvalue weighted by Gasteiger charge is -2.22. The fourth-order valence-corrected chi connectivity index (χ4v) is 6.06. The molecule has 0 N–H and O–H groups in total. The maximum absolute atomic E-state index is 5.04. The van der Waals surface area contributed by atoms with Gasteiger partial charge in [-0.2, -0.15) is 0 Å². The van der Waals surface area contributed by atoms with Crippen molar-refractivity contribution >= 4 is 0 Å². The highest BCUT2D eigenvalue weighted by Crippen LogP contribution is 2.50. The summed E-state index contributed by atoms with van der Waals surface area (Å²) in [6.45, 7) is 8.69. The summed E-state index contributed by atoms with van der Waals surface area (Å²) in [6.07, 6.45) is 3.64. The summed E-state index contributed by atoms with van der Waals surface area (Å²) in [5, 5.41) is 0. The lowest BCUT2D eigenvalue weighted by atomic mass is 9.81. The van der Waals surface area contributed by atoms with Gasteiger partial charge in [0.2, 0.25) is 0 Å². The summed E-state index contributed by atoms with van der Waals surface area (Å²) < 4.78 is 0. The number of aromatic nitrogens is 4. The molecule has 0 saturated carbocycles. The summed E-state index contributed by atoms with van der Waals surface area (Å²) in [5.74, 6) is 0. The van der Waals surface area contributed by atoms with Crippen molar-refractivity contribution in [1.29, 1.82) is 0 Å². The van der Waals surface area contributed by atoms with Gasteiger partial charge in [-0.25, -0.2) is 9.97 Å². The first kappa shape index (κ1) is 25.0. The highest BCUT2D eigenvalue weighted by Gasteiger charge is 2.36. The molecule has 0 atom stereocenters. The molecule has 4 heterocycles. The summed E-state index contributed by atoms with van der Waals surface area (Å²) >= 11 is 0. The number of benzene rings is 2. The van der Waals surface area contributed by atoms with E-state index in [1.54, 1.807) is 0 Å². The normalized spacial score (nSPS) is 13.1. The van der Waals surface area contributed by atoms with Crippen LogP contribution >= 0.6 is 0 Å². The van der Waals surface area contributed by atoms with E-state index in [0.29, 0.717) is 0 Å². The molecule has 4 nitrogen and oxygen atoms in total. The zero-order valence-corrected chi connectivity index (χ0v) is 23.7. The van der Waals surface area contributed by atoms with Crippen LogP contribution in [0.4, 0.5) is 0 Å². The number of hydrogen-bond donors (Lipinski definition) is 0. The minimum Gasteiger partial charge on any atom is -0.261 e. The molecule has 0 aliphatic heterocycles. The van der Waals surface area contributed by atoms with Crippen molar-refractivity contribution in [3.8, 4) is 56.2 Å². The van der Waals surface area contributed by atoms with Crippen LogP contribution in [0.3, 0.4) is 0 Å². The Morgan fingerprint density at radius 1 is 0.463 bits per heavy atom. The Bertz CT molecular complexity index is 1810. The van der Waals surface area contributed by atoms with Crippen LogP contribution in [0.15, 0.2) is 109 Å². The van der Waals surface area contributed by atoms with E-state index in [-0.39, 0.29) is 5.41 Å². The molecular formula is C37H30N4. The van der Waals surface area contributed by atoms with E-state index in [0.717, 1.165) is 56.4 Å². The van der Waals surface area contributed by atoms with Gasteiger partial charge in [0.1, 0.15) is 0 Å². The summed E-state index contributed by atoms with van der Waals surface area (Å²) in [7, 11) is 0. The molecule has 0 saturated heterocycles. The van der Waals surface area contributed by atoms with Crippen molar-refractivity contribution in [1.82, 2.24) is 19.9 Å². The van der Waals surface area contributed by atoms with Gasteiger partial charge in [-0.15, -0.1) is 0 Å². The SMILES string of the molecule is Cc1ncccc1-c1cccc(-c2ccc3c(c2)C(C)(C)c2cc(-c4cccc(-c5cccnc5C)n4)ccc2-3)n1.